The Kier molecular flexibility index (Phi) is 4.75. The van der Waals surface area contributed by atoms with Crippen LogP contribution in [-0.2, 0) is 0 Å². The molecule has 2 aromatic rings. The second kappa shape index (κ2) is 6.33. The highest BCUT2D eigenvalue weighted by Crippen LogP contribution is 2.38. The molecule has 100 valence electrons. The molecule has 0 fully saturated rings. The van der Waals surface area contributed by atoms with Gasteiger partial charge in [-0.1, -0.05) is 35.5 Å². The third-order valence-corrected chi connectivity index (χ3v) is 3.99. The molecule has 0 amide bonds. The van der Waals surface area contributed by atoms with Crippen molar-refractivity contribution in [2.24, 2.45) is 0 Å². The molecule has 2 rings (SSSR count). The zero-order valence-electron chi connectivity index (χ0n) is 10.8. The molecule has 0 aromatic heterocycles. The van der Waals surface area contributed by atoms with Gasteiger partial charge in [0.1, 0.15) is 5.75 Å². The van der Waals surface area contributed by atoms with Gasteiger partial charge in [-0.3, -0.25) is 0 Å². The van der Waals surface area contributed by atoms with Gasteiger partial charge in [0.2, 0.25) is 0 Å². The summed E-state index contributed by atoms with van der Waals surface area (Å²) in [5, 5.41) is 10.6. The fourth-order valence-corrected chi connectivity index (χ4v) is 3.23. The average Bonchev–Trinajstić information content (AvgIpc) is 2.38. The van der Waals surface area contributed by atoms with Crippen LogP contribution in [0.25, 0.3) is 0 Å². The summed E-state index contributed by atoms with van der Waals surface area (Å²) in [5.41, 5.74) is 0.801. The highest BCUT2D eigenvalue weighted by molar-refractivity contribution is 7.99. The molecule has 0 aliphatic carbocycles. The number of hydrogen-bond donors (Lipinski definition) is 1. The largest absolute Gasteiger partial charge is 0.496 e. The second-order valence-electron chi connectivity index (χ2n) is 4.11. The lowest BCUT2D eigenvalue weighted by molar-refractivity contribution is 0.191. The van der Waals surface area contributed by atoms with Gasteiger partial charge in [-0.2, -0.15) is 0 Å². The van der Waals surface area contributed by atoms with Gasteiger partial charge in [0.15, 0.2) is 0 Å². The maximum atomic E-state index is 9.93. The van der Waals surface area contributed by atoms with E-state index in [0.29, 0.717) is 10.8 Å². The highest BCUT2D eigenvalue weighted by Gasteiger charge is 2.14. The maximum Gasteiger partial charge on any atom is 0.125 e. The molecule has 1 atom stereocenters. The standard InChI is InChI=1S/C15H15ClO2S/c1-10(17)15-13(18-2)7-4-8-14(15)19-12-6-3-5-11(16)9-12/h3-10,17H,1-2H3. The number of rotatable bonds is 4. The van der Waals surface area contributed by atoms with Gasteiger partial charge in [0.05, 0.1) is 13.2 Å². The van der Waals surface area contributed by atoms with Crippen LogP contribution in [0.3, 0.4) is 0 Å². The molecule has 1 unspecified atom stereocenters. The van der Waals surface area contributed by atoms with Crippen LogP contribution in [0.5, 0.6) is 5.75 Å². The summed E-state index contributed by atoms with van der Waals surface area (Å²) in [4.78, 5) is 2.00. The molecule has 1 N–H and O–H groups in total. The summed E-state index contributed by atoms with van der Waals surface area (Å²) in [5.74, 6) is 0.696. The molecule has 0 spiro atoms. The van der Waals surface area contributed by atoms with Crippen molar-refractivity contribution in [3.05, 3.63) is 53.1 Å². The number of hydrogen-bond acceptors (Lipinski definition) is 3. The van der Waals surface area contributed by atoms with Crippen molar-refractivity contribution in [3.8, 4) is 5.75 Å². The Balaban J connectivity index is 2.39. The summed E-state index contributed by atoms with van der Waals surface area (Å²) in [6, 6.07) is 13.4. The molecule has 2 aromatic carbocycles. The fraction of sp³-hybridized carbons (Fsp3) is 0.200. The first-order valence-corrected chi connectivity index (χ1v) is 7.09. The van der Waals surface area contributed by atoms with Gasteiger partial charge in [0, 0.05) is 20.4 Å². The Morgan fingerprint density at radius 1 is 1.21 bits per heavy atom. The molecule has 0 radical (unpaired) electrons. The van der Waals surface area contributed by atoms with Gasteiger partial charge in [0.25, 0.3) is 0 Å². The van der Waals surface area contributed by atoms with Gasteiger partial charge in [-0.15, -0.1) is 0 Å². The smallest absolute Gasteiger partial charge is 0.125 e. The Labute approximate surface area is 122 Å². The second-order valence-corrected chi connectivity index (χ2v) is 5.66. The van der Waals surface area contributed by atoms with Crippen LogP contribution in [0.15, 0.2) is 52.3 Å². The molecule has 4 heteroatoms. The fourth-order valence-electron chi connectivity index (χ4n) is 1.86. The van der Waals surface area contributed by atoms with Crippen molar-refractivity contribution in [3.63, 3.8) is 0 Å². The van der Waals surface area contributed by atoms with Crippen molar-refractivity contribution in [1.29, 1.82) is 0 Å². The average molecular weight is 295 g/mol. The monoisotopic (exact) mass is 294 g/mol. The molecule has 0 saturated carbocycles. The highest BCUT2D eigenvalue weighted by atomic mass is 35.5. The van der Waals surface area contributed by atoms with Crippen molar-refractivity contribution in [1.82, 2.24) is 0 Å². The predicted octanol–water partition coefficient (Wildman–Crippen LogP) is 4.55. The normalized spacial score (nSPS) is 12.2. The van der Waals surface area contributed by atoms with Crippen LogP contribution in [0.4, 0.5) is 0 Å². The number of aliphatic hydroxyl groups is 1. The van der Waals surface area contributed by atoms with Crippen LogP contribution in [0, 0.1) is 0 Å². The Bertz CT molecular complexity index is 570. The molecule has 0 heterocycles. The zero-order valence-corrected chi connectivity index (χ0v) is 12.3. The van der Waals surface area contributed by atoms with Crippen LogP contribution >= 0.6 is 23.4 Å². The van der Waals surface area contributed by atoms with E-state index < -0.39 is 6.10 Å². The summed E-state index contributed by atoms with van der Waals surface area (Å²) in [7, 11) is 1.61. The van der Waals surface area contributed by atoms with Gasteiger partial charge in [-0.05, 0) is 37.3 Å². The first-order chi connectivity index (χ1) is 9.11. The number of halogens is 1. The first kappa shape index (κ1) is 14.3. The molecule has 2 nitrogen and oxygen atoms in total. The van der Waals surface area contributed by atoms with Crippen LogP contribution in [0.2, 0.25) is 5.02 Å². The third-order valence-electron chi connectivity index (χ3n) is 2.69. The van der Waals surface area contributed by atoms with Crippen LogP contribution in [-0.4, -0.2) is 12.2 Å². The third kappa shape index (κ3) is 3.44. The summed E-state index contributed by atoms with van der Waals surface area (Å²) in [6.07, 6.45) is -0.585. The zero-order chi connectivity index (χ0) is 13.8. The van der Waals surface area contributed by atoms with E-state index in [2.05, 4.69) is 0 Å². The maximum absolute atomic E-state index is 9.93. The van der Waals surface area contributed by atoms with E-state index in [9.17, 15) is 5.11 Å². The topological polar surface area (TPSA) is 29.5 Å². The lowest BCUT2D eigenvalue weighted by atomic mass is 10.1. The van der Waals surface area contributed by atoms with E-state index in [1.54, 1.807) is 25.8 Å². The van der Waals surface area contributed by atoms with E-state index in [1.807, 2.05) is 42.5 Å². The SMILES string of the molecule is COc1cccc(Sc2cccc(Cl)c2)c1C(C)O. The molecule has 0 aliphatic rings. The number of aliphatic hydroxyl groups excluding tert-OH is 1. The summed E-state index contributed by atoms with van der Waals surface area (Å²) >= 11 is 7.55. The number of benzene rings is 2. The van der Waals surface area contributed by atoms with E-state index in [4.69, 9.17) is 16.3 Å². The van der Waals surface area contributed by atoms with Crippen molar-refractivity contribution >= 4 is 23.4 Å². The number of ether oxygens (including phenoxy) is 1. The molecular weight excluding hydrogens is 280 g/mol. The summed E-state index contributed by atoms with van der Waals surface area (Å²) < 4.78 is 5.31. The first-order valence-electron chi connectivity index (χ1n) is 5.90. The molecule has 0 bridgehead atoms. The lowest BCUT2D eigenvalue weighted by Crippen LogP contribution is -1.98. The van der Waals surface area contributed by atoms with E-state index in [-0.39, 0.29) is 0 Å². The Morgan fingerprint density at radius 3 is 2.58 bits per heavy atom. The predicted molar refractivity (Wildman–Crippen MR) is 79.2 cm³/mol. The molecule has 0 saturated heterocycles. The van der Waals surface area contributed by atoms with Gasteiger partial charge < -0.3 is 9.84 Å². The van der Waals surface area contributed by atoms with Gasteiger partial charge >= 0.3 is 0 Å². The van der Waals surface area contributed by atoms with Crippen molar-refractivity contribution in [2.75, 3.05) is 7.11 Å². The Hall–Kier alpha value is -1.16. The molecule has 19 heavy (non-hydrogen) atoms. The lowest BCUT2D eigenvalue weighted by Gasteiger charge is -2.15. The number of methoxy groups -OCH3 is 1. The minimum Gasteiger partial charge on any atom is -0.496 e. The molecule has 0 aliphatic heterocycles. The van der Waals surface area contributed by atoms with Crippen LogP contribution in [0.1, 0.15) is 18.6 Å². The van der Waals surface area contributed by atoms with Crippen LogP contribution < -0.4 is 4.74 Å². The minimum atomic E-state index is -0.585. The summed E-state index contributed by atoms with van der Waals surface area (Å²) in [6.45, 7) is 1.74. The van der Waals surface area contributed by atoms with E-state index in [1.165, 1.54) is 0 Å². The Morgan fingerprint density at radius 2 is 1.95 bits per heavy atom. The van der Waals surface area contributed by atoms with Crippen molar-refractivity contribution < 1.29 is 9.84 Å². The van der Waals surface area contributed by atoms with Gasteiger partial charge in [-0.25, -0.2) is 0 Å². The van der Waals surface area contributed by atoms with E-state index >= 15 is 0 Å². The minimum absolute atomic E-state index is 0.585. The quantitative estimate of drug-likeness (QED) is 0.897. The van der Waals surface area contributed by atoms with E-state index in [0.717, 1.165) is 15.4 Å². The van der Waals surface area contributed by atoms with Crippen molar-refractivity contribution in [2.45, 2.75) is 22.8 Å². The molecular formula is C15H15ClO2S.